The van der Waals surface area contributed by atoms with Crippen molar-refractivity contribution in [2.45, 2.75) is 44.9 Å². The highest BCUT2D eigenvalue weighted by atomic mass is 14.8. The minimum atomic E-state index is 0.641. The van der Waals surface area contributed by atoms with Crippen LogP contribution >= 0.6 is 0 Å². The summed E-state index contributed by atoms with van der Waals surface area (Å²) < 4.78 is 0. The Labute approximate surface area is 99.3 Å². The average Bonchev–Trinajstić information content (AvgIpc) is 2.29. The van der Waals surface area contributed by atoms with E-state index in [-0.39, 0.29) is 0 Å². The van der Waals surface area contributed by atoms with Gasteiger partial charge in [-0.25, -0.2) is 0 Å². The summed E-state index contributed by atoms with van der Waals surface area (Å²) in [4.78, 5) is 0. The molecule has 0 spiro atoms. The average molecular weight is 217 g/mol. The zero-order chi connectivity index (χ0) is 11.5. The zero-order valence-electron chi connectivity index (χ0n) is 10.7. The van der Waals surface area contributed by atoms with Crippen molar-refractivity contribution in [2.75, 3.05) is 13.6 Å². The van der Waals surface area contributed by atoms with E-state index in [1.807, 2.05) is 0 Å². The monoisotopic (exact) mass is 217 g/mol. The first kappa shape index (κ1) is 11.7. The number of hydrogen-bond acceptors (Lipinski definition) is 1. The van der Waals surface area contributed by atoms with Gasteiger partial charge in [0.25, 0.3) is 0 Å². The molecule has 1 heteroatoms. The molecule has 0 amide bonds. The predicted octanol–water partition coefficient (Wildman–Crippen LogP) is 3.45. The first-order valence-corrected chi connectivity index (χ1v) is 6.49. The summed E-state index contributed by atoms with van der Waals surface area (Å²) in [7, 11) is 2.06. The summed E-state index contributed by atoms with van der Waals surface area (Å²) >= 11 is 0. The van der Waals surface area contributed by atoms with Gasteiger partial charge in [0, 0.05) is 6.54 Å². The maximum atomic E-state index is 3.33. The molecule has 1 nitrogen and oxygen atoms in total. The van der Waals surface area contributed by atoms with Gasteiger partial charge in [-0.05, 0) is 54.8 Å². The number of aryl methyl sites for hydroxylation is 1. The lowest BCUT2D eigenvalue weighted by atomic mass is 9.81. The quantitative estimate of drug-likeness (QED) is 0.817. The van der Waals surface area contributed by atoms with Gasteiger partial charge in [0.15, 0.2) is 0 Å². The van der Waals surface area contributed by atoms with E-state index in [0.717, 1.165) is 12.5 Å². The van der Waals surface area contributed by atoms with Crippen LogP contribution in [0.15, 0.2) is 18.2 Å². The highest BCUT2D eigenvalue weighted by Crippen LogP contribution is 2.33. The van der Waals surface area contributed by atoms with Crippen LogP contribution in [0, 0.1) is 0 Å². The molecule has 1 N–H and O–H groups in total. The van der Waals surface area contributed by atoms with Gasteiger partial charge in [-0.1, -0.05) is 32.0 Å². The molecule has 0 bridgehead atoms. The number of rotatable bonds is 3. The van der Waals surface area contributed by atoms with Crippen molar-refractivity contribution in [1.29, 1.82) is 0 Å². The van der Waals surface area contributed by atoms with Crippen LogP contribution in [0.2, 0.25) is 0 Å². The highest BCUT2D eigenvalue weighted by Gasteiger charge is 2.20. The first-order valence-electron chi connectivity index (χ1n) is 6.49. The first-order chi connectivity index (χ1) is 7.72. The van der Waals surface area contributed by atoms with Crippen LogP contribution in [0.25, 0.3) is 0 Å². The molecule has 0 aromatic heterocycles. The van der Waals surface area contributed by atoms with Crippen molar-refractivity contribution in [3.63, 3.8) is 0 Å². The minimum absolute atomic E-state index is 0.641. The molecule has 1 aromatic rings. The zero-order valence-corrected chi connectivity index (χ0v) is 10.7. The maximum absolute atomic E-state index is 3.33. The third-order valence-electron chi connectivity index (χ3n) is 3.73. The molecule has 88 valence electrons. The lowest BCUT2D eigenvalue weighted by Crippen LogP contribution is -2.21. The van der Waals surface area contributed by atoms with Crippen molar-refractivity contribution in [1.82, 2.24) is 5.32 Å². The Morgan fingerprint density at radius 1 is 1.38 bits per heavy atom. The van der Waals surface area contributed by atoms with E-state index in [0.29, 0.717) is 5.92 Å². The summed E-state index contributed by atoms with van der Waals surface area (Å²) in [5, 5.41) is 3.33. The van der Waals surface area contributed by atoms with Gasteiger partial charge in [0.2, 0.25) is 0 Å². The summed E-state index contributed by atoms with van der Waals surface area (Å²) in [5.41, 5.74) is 4.67. The number of fused-ring (bicyclic) bond motifs is 1. The van der Waals surface area contributed by atoms with Gasteiger partial charge in [-0.15, -0.1) is 0 Å². The second-order valence-corrected chi connectivity index (χ2v) is 5.26. The van der Waals surface area contributed by atoms with Crippen molar-refractivity contribution in [3.8, 4) is 0 Å². The van der Waals surface area contributed by atoms with Crippen LogP contribution in [-0.4, -0.2) is 13.6 Å². The Balaban J connectivity index is 2.32. The Morgan fingerprint density at radius 2 is 2.19 bits per heavy atom. The van der Waals surface area contributed by atoms with E-state index < -0.39 is 0 Å². The van der Waals surface area contributed by atoms with Crippen molar-refractivity contribution in [2.24, 2.45) is 0 Å². The standard InChI is InChI=1S/C15H23N/c1-11(2)13-8-7-12-5-4-6-14(10-16-3)15(12)9-13/h7-9,11,14,16H,4-6,10H2,1-3H3. The van der Waals surface area contributed by atoms with Crippen LogP contribution in [0.1, 0.15) is 55.2 Å². The van der Waals surface area contributed by atoms with Gasteiger partial charge in [0.1, 0.15) is 0 Å². The molecule has 0 saturated heterocycles. The molecule has 1 aromatic carbocycles. The molecule has 2 rings (SSSR count). The van der Waals surface area contributed by atoms with Crippen LogP contribution in [-0.2, 0) is 6.42 Å². The molecule has 0 heterocycles. The summed E-state index contributed by atoms with van der Waals surface area (Å²) in [5.74, 6) is 1.37. The molecule has 0 fully saturated rings. The van der Waals surface area contributed by atoms with E-state index in [9.17, 15) is 0 Å². The van der Waals surface area contributed by atoms with E-state index in [1.54, 1.807) is 11.1 Å². The number of benzene rings is 1. The second-order valence-electron chi connectivity index (χ2n) is 5.26. The fraction of sp³-hybridized carbons (Fsp3) is 0.600. The van der Waals surface area contributed by atoms with Crippen molar-refractivity contribution in [3.05, 3.63) is 34.9 Å². The van der Waals surface area contributed by atoms with Gasteiger partial charge >= 0.3 is 0 Å². The Kier molecular flexibility index (Phi) is 3.65. The molecule has 0 aliphatic heterocycles. The minimum Gasteiger partial charge on any atom is -0.319 e. The highest BCUT2D eigenvalue weighted by molar-refractivity contribution is 5.37. The van der Waals surface area contributed by atoms with Crippen LogP contribution < -0.4 is 5.32 Å². The van der Waals surface area contributed by atoms with Gasteiger partial charge in [-0.3, -0.25) is 0 Å². The molecule has 1 unspecified atom stereocenters. The Morgan fingerprint density at radius 3 is 2.88 bits per heavy atom. The number of hydrogen-bond donors (Lipinski definition) is 1. The van der Waals surface area contributed by atoms with Gasteiger partial charge < -0.3 is 5.32 Å². The lowest BCUT2D eigenvalue weighted by Gasteiger charge is -2.26. The predicted molar refractivity (Wildman–Crippen MR) is 70.1 cm³/mol. The molecule has 0 saturated carbocycles. The summed E-state index contributed by atoms with van der Waals surface area (Å²) in [6.07, 6.45) is 3.96. The van der Waals surface area contributed by atoms with Crippen LogP contribution in [0.5, 0.6) is 0 Å². The van der Waals surface area contributed by atoms with Crippen molar-refractivity contribution < 1.29 is 0 Å². The molecule has 16 heavy (non-hydrogen) atoms. The van der Waals surface area contributed by atoms with Gasteiger partial charge in [0.05, 0.1) is 0 Å². The maximum Gasteiger partial charge on any atom is 0.00172 e. The van der Waals surface area contributed by atoms with E-state index in [1.165, 1.54) is 24.8 Å². The van der Waals surface area contributed by atoms with Gasteiger partial charge in [-0.2, -0.15) is 0 Å². The van der Waals surface area contributed by atoms with E-state index in [2.05, 4.69) is 44.4 Å². The number of likely N-dealkylation sites (N-methyl/N-ethyl adjacent to an activating group) is 1. The smallest absolute Gasteiger partial charge is 0.00172 e. The van der Waals surface area contributed by atoms with E-state index >= 15 is 0 Å². The molecular weight excluding hydrogens is 194 g/mol. The molecular formula is C15H23N. The summed E-state index contributed by atoms with van der Waals surface area (Å²) in [6, 6.07) is 7.11. The SMILES string of the molecule is CNCC1CCCc2ccc(C(C)C)cc21. The largest absolute Gasteiger partial charge is 0.319 e. The van der Waals surface area contributed by atoms with Crippen LogP contribution in [0.4, 0.5) is 0 Å². The van der Waals surface area contributed by atoms with E-state index in [4.69, 9.17) is 0 Å². The normalized spacial score (nSPS) is 19.9. The topological polar surface area (TPSA) is 12.0 Å². The Hall–Kier alpha value is -0.820. The fourth-order valence-corrected chi connectivity index (χ4v) is 2.73. The molecule has 1 atom stereocenters. The summed E-state index contributed by atoms with van der Waals surface area (Å²) in [6.45, 7) is 5.67. The van der Waals surface area contributed by atoms with Crippen molar-refractivity contribution >= 4 is 0 Å². The molecule has 1 aliphatic carbocycles. The third kappa shape index (κ3) is 2.30. The fourth-order valence-electron chi connectivity index (χ4n) is 2.73. The van der Waals surface area contributed by atoms with Crippen LogP contribution in [0.3, 0.4) is 0 Å². The second kappa shape index (κ2) is 5.01. The lowest BCUT2D eigenvalue weighted by molar-refractivity contribution is 0.528. The third-order valence-corrected chi connectivity index (χ3v) is 3.73. The Bertz CT molecular complexity index is 354. The number of nitrogens with one attached hydrogen (secondary N) is 1. The molecule has 0 radical (unpaired) electrons. The molecule has 1 aliphatic rings.